The van der Waals surface area contributed by atoms with E-state index >= 15 is 0 Å². The van der Waals surface area contributed by atoms with Crippen LogP contribution in [0.5, 0.6) is 0 Å². The van der Waals surface area contributed by atoms with E-state index in [1.807, 2.05) is 0 Å². The lowest BCUT2D eigenvalue weighted by molar-refractivity contribution is -0.143. The molecular formula is C20H30O2. The summed E-state index contributed by atoms with van der Waals surface area (Å²) >= 11 is 0. The smallest absolute Gasteiger partial charge is 0.309 e. The quantitative estimate of drug-likeness (QED) is 0.853. The highest BCUT2D eigenvalue weighted by Gasteiger charge is 2.51. The van der Waals surface area contributed by atoms with Crippen LogP contribution in [0.1, 0.15) is 76.6 Å². The van der Waals surface area contributed by atoms with Crippen LogP contribution in [0, 0.1) is 12.3 Å². The molecule has 1 saturated carbocycles. The third-order valence-corrected chi connectivity index (χ3v) is 4.83. The fraction of sp³-hybridized carbons (Fsp3) is 0.650. The lowest BCUT2D eigenvalue weighted by Gasteiger charge is -2.32. The van der Waals surface area contributed by atoms with Crippen LogP contribution >= 0.6 is 0 Å². The fourth-order valence-corrected chi connectivity index (χ4v) is 3.30. The predicted molar refractivity (Wildman–Crippen MR) is 91.6 cm³/mol. The molecule has 0 spiro atoms. The molecule has 0 unspecified atom stereocenters. The summed E-state index contributed by atoms with van der Waals surface area (Å²) in [4.78, 5) is 11.7. The molecule has 2 rings (SSSR count). The Hall–Kier alpha value is -1.31. The Bertz CT molecular complexity index is 558. The van der Waals surface area contributed by atoms with Gasteiger partial charge in [-0.15, -0.1) is 0 Å². The summed E-state index contributed by atoms with van der Waals surface area (Å²) in [5, 5.41) is 9.61. The molecule has 122 valence electrons. The average Bonchev–Trinajstić information content (AvgIpc) is 3.09. The van der Waals surface area contributed by atoms with Gasteiger partial charge in [-0.1, -0.05) is 59.2 Å². The zero-order valence-electron chi connectivity index (χ0n) is 15.1. The Balaban J connectivity index is 2.65. The van der Waals surface area contributed by atoms with Crippen molar-refractivity contribution in [2.24, 2.45) is 5.41 Å². The van der Waals surface area contributed by atoms with E-state index in [1.54, 1.807) is 0 Å². The number of carbonyl (C=O) groups is 1. The molecule has 0 amide bonds. The van der Waals surface area contributed by atoms with E-state index in [4.69, 9.17) is 0 Å². The SMILES string of the molecule is Cc1cc(C(C)(C)C)c(CC2(C(=O)O)CC2)c(C(C)(C)C)c1. The van der Waals surface area contributed by atoms with Crippen LogP contribution < -0.4 is 0 Å². The molecule has 2 heteroatoms. The molecule has 22 heavy (non-hydrogen) atoms. The minimum absolute atomic E-state index is 0.0237. The lowest BCUT2D eigenvalue weighted by Crippen LogP contribution is -2.26. The van der Waals surface area contributed by atoms with Crippen LogP contribution in [-0.2, 0) is 22.0 Å². The maximum absolute atomic E-state index is 11.7. The Labute approximate surface area is 134 Å². The molecule has 0 aromatic heterocycles. The van der Waals surface area contributed by atoms with Gasteiger partial charge >= 0.3 is 5.97 Å². The van der Waals surface area contributed by atoms with Gasteiger partial charge in [-0.3, -0.25) is 4.79 Å². The van der Waals surface area contributed by atoms with Crippen molar-refractivity contribution >= 4 is 5.97 Å². The van der Waals surface area contributed by atoms with E-state index in [9.17, 15) is 9.90 Å². The van der Waals surface area contributed by atoms with E-state index in [-0.39, 0.29) is 10.8 Å². The van der Waals surface area contributed by atoms with Crippen molar-refractivity contribution in [1.82, 2.24) is 0 Å². The first-order chi connectivity index (χ1) is 9.87. The van der Waals surface area contributed by atoms with Crippen molar-refractivity contribution in [1.29, 1.82) is 0 Å². The number of hydrogen-bond acceptors (Lipinski definition) is 1. The van der Waals surface area contributed by atoms with Crippen LogP contribution in [0.15, 0.2) is 12.1 Å². The molecule has 0 heterocycles. The van der Waals surface area contributed by atoms with Gasteiger partial charge in [0.2, 0.25) is 0 Å². The van der Waals surface area contributed by atoms with Crippen molar-refractivity contribution in [2.45, 2.75) is 78.6 Å². The first-order valence-corrected chi connectivity index (χ1v) is 8.25. The summed E-state index contributed by atoms with van der Waals surface area (Å²) in [5.41, 5.74) is 4.68. The molecule has 0 radical (unpaired) electrons. The Morgan fingerprint density at radius 3 is 1.73 bits per heavy atom. The summed E-state index contributed by atoms with van der Waals surface area (Å²) in [6, 6.07) is 4.50. The van der Waals surface area contributed by atoms with E-state index < -0.39 is 11.4 Å². The highest BCUT2D eigenvalue weighted by molar-refractivity contribution is 5.78. The first-order valence-electron chi connectivity index (χ1n) is 8.25. The molecule has 1 aromatic rings. The van der Waals surface area contributed by atoms with Crippen LogP contribution in [0.3, 0.4) is 0 Å². The molecule has 1 aromatic carbocycles. The lowest BCUT2D eigenvalue weighted by atomic mass is 9.73. The molecule has 2 nitrogen and oxygen atoms in total. The zero-order chi connectivity index (χ0) is 16.9. The number of hydrogen-bond donors (Lipinski definition) is 1. The van der Waals surface area contributed by atoms with Gasteiger partial charge in [-0.25, -0.2) is 0 Å². The molecule has 1 fully saturated rings. The number of aryl methyl sites for hydroxylation is 1. The Morgan fingerprint density at radius 2 is 1.45 bits per heavy atom. The fourth-order valence-electron chi connectivity index (χ4n) is 3.30. The summed E-state index contributed by atoms with van der Waals surface area (Å²) in [6.45, 7) is 15.5. The minimum atomic E-state index is -0.632. The molecule has 1 N–H and O–H groups in total. The minimum Gasteiger partial charge on any atom is -0.481 e. The van der Waals surface area contributed by atoms with Gasteiger partial charge < -0.3 is 5.11 Å². The van der Waals surface area contributed by atoms with Gasteiger partial charge in [-0.2, -0.15) is 0 Å². The second-order valence-corrected chi connectivity index (χ2v) is 9.10. The maximum atomic E-state index is 11.7. The summed E-state index contributed by atoms with van der Waals surface area (Å²) in [5.74, 6) is -0.632. The summed E-state index contributed by atoms with van der Waals surface area (Å²) in [6.07, 6.45) is 2.29. The van der Waals surface area contributed by atoms with Crippen molar-refractivity contribution < 1.29 is 9.90 Å². The molecule has 1 aliphatic rings. The van der Waals surface area contributed by atoms with Crippen LogP contribution in [0.25, 0.3) is 0 Å². The topological polar surface area (TPSA) is 37.3 Å². The van der Waals surface area contributed by atoms with Crippen LogP contribution in [0.2, 0.25) is 0 Å². The van der Waals surface area contributed by atoms with Crippen molar-refractivity contribution in [3.8, 4) is 0 Å². The second kappa shape index (κ2) is 5.11. The first kappa shape index (κ1) is 17.1. The van der Waals surface area contributed by atoms with Crippen molar-refractivity contribution in [3.05, 3.63) is 34.4 Å². The highest BCUT2D eigenvalue weighted by atomic mass is 16.4. The monoisotopic (exact) mass is 302 g/mol. The Morgan fingerprint density at radius 1 is 1.05 bits per heavy atom. The molecule has 0 aliphatic heterocycles. The van der Waals surface area contributed by atoms with E-state index in [0.717, 1.165) is 12.8 Å². The number of carboxylic acids is 1. The molecular weight excluding hydrogens is 272 g/mol. The van der Waals surface area contributed by atoms with Crippen LogP contribution in [0.4, 0.5) is 0 Å². The van der Waals surface area contributed by atoms with Gasteiger partial charge in [0, 0.05) is 0 Å². The van der Waals surface area contributed by atoms with Crippen molar-refractivity contribution in [3.63, 3.8) is 0 Å². The second-order valence-electron chi connectivity index (χ2n) is 9.10. The van der Waals surface area contributed by atoms with Gasteiger partial charge in [0.1, 0.15) is 0 Å². The van der Waals surface area contributed by atoms with Gasteiger partial charge in [0.15, 0.2) is 0 Å². The van der Waals surface area contributed by atoms with E-state index in [2.05, 4.69) is 60.6 Å². The summed E-state index contributed by atoms with van der Waals surface area (Å²) in [7, 11) is 0. The van der Waals surface area contributed by atoms with Gasteiger partial charge in [0.05, 0.1) is 5.41 Å². The van der Waals surface area contributed by atoms with Crippen molar-refractivity contribution in [2.75, 3.05) is 0 Å². The largest absolute Gasteiger partial charge is 0.481 e. The zero-order valence-corrected chi connectivity index (χ0v) is 15.1. The third-order valence-electron chi connectivity index (χ3n) is 4.83. The molecule has 0 bridgehead atoms. The molecule has 1 aliphatic carbocycles. The highest BCUT2D eigenvalue weighted by Crippen LogP contribution is 2.51. The standard InChI is InChI=1S/C20H30O2/c1-13-10-15(18(2,3)4)14(16(11-13)19(5,6)7)12-20(8-9-20)17(21)22/h10-11H,8-9,12H2,1-7H3,(H,21,22). The average molecular weight is 302 g/mol. The van der Waals surface area contributed by atoms with Gasteiger partial charge in [-0.05, 0) is 53.7 Å². The molecule has 0 atom stereocenters. The normalized spacial score (nSPS) is 17.4. The maximum Gasteiger partial charge on any atom is 0.309 e. The van der Waals surface area contributed by atoms with Gasteiger partial charge in [0.25, 0.3) is 0 Å². The van der Waals surface area contributed by atoms with E-state index in [0.29, 0.717) is 6.42 Å². The number of benzene rings is 1. The molecule has 0 saturated heterocycles. The Kier molecular flexibility index (Phi) is 3.96. The van der Waals surface area contributed by atoms with E-state index in [1.165, 1.54) is 22.3 Å². The third kappa shape index (κ3) is 3.21. The summed E-state index contributed by atoms with van der Waals surface area (Å²) < 4.78 is 0. The number of rotatable bonds is 3. The number of aliphatic carboxylic acids is 1. The van der Waals surface area contributed by atoms with Crippen LogP contribution in [-0.4, -0.2) is 11.1 Å². The number of carboxylic acid groups (broad SMARTS) is 1. The predicted octanol–water partition coefficient (Wildman–Crippen LogP) is 5.00.